The Kier molecular flexibility index (Phi) is 4.14. The summed E-state index contributed by atoms with van der Waals surface area (Å²) in [4.78, 5) is 2.18. The highest BCUT2D eigenvalue weighted by Crippen LogP contribution is 2.23. The Hall–Kier alpha value is -1.20. The number of nitrogens with zero attached hydrogens (tertiary/aromatic N) is 1. The van der Waals surface area contributed by atoms with Gasteiger partial charge in [0.2, 0.25) is 0 Å². The van der Waals surface area contributed by atoms with Gasteiger partial charge in [-0.1, -0.05) is 12.2 Å². The molecule has 0 aromatic heterocycles. The van der Waals surface area contributed by atoms with Crippen molar-refractivity contribution in [3.05, 3.63) is 29.6 Å². The molecule has 5 heteroatoms. The second-order valence-corrected chi connectivity index (χ2v) is 4.92. The molecule has 0 spiro atoms. The number of halogens is 1. The Morgan fingerprint density at radius 2 is 2.11 bits per heavy atom. The predicted octanol–water partition coefficient (Wildman–Crippen LogP) is 2.08. The lowest BCUT2D eigenvalue weighted by Gasteiger charge is -2.33. The van der Waals surface area contributed by atoms with Gasteiger partial charge in [-0.3, -0.25) is 0 Å². The molecule has 1 heterocycles. The van der Waals surface area contributed by atoms with Gasteiger partial charge in [0.15, 0.2) is 0 Å². The first kappa shape index (κ1) is 13.2. The van der Waals surface area contributed by atoms with Gasteiger partial charge in [0.1, 0.15) is 10.8 Å². The van der Waals surface area contributed by atoms with Crippen molar-refractivity contribution in [1.82, 2.24) is 0 Å². The Labute approximate surface area is 112 Å². The molecule has 1 aliphatic heterocycles. The molecule has 0 amide bonds. The van der Waals surface area contributed by atoms with Gasteiger partial charge in [-0.15, -0.1) is 0 Å². The smallest absolute Gasteiger partial charge is 0.135 e. The molecule has 0 radical (unpaired) electrons. The van der Waals surface area contributed by atoms with Gasteiger partial charge in [-0.25, -0.2) is 4.39 Å². The Morgan fingerprint density at radius 3 is 2.67 bits per heavy atom. The van der Waals surface area contributed by atoms with E-state index in [0.717, 1.165) is 31.7 Å². The Balaban J connectivity index is 2.17. The number of hydrogen-bond acceptors (Lipinski definition) is 3. The van der Waals surface area contributed by atoms with E-state index in [0.29, 0.717) is 11.6 Å². The minimum atomic E-state index is -0.362. The molecule has 0 bridgehead atoms. The summed E-state index contributed by atoms with van der Waals surface area (Å²) >= 11 is 4.79. The zero-order valence-electron chi connectivity index (χ0n) is 10.4. The minimum Gasteiger partial charge on any atom is -0.389 e. The third-order valence-corrected chi connectivity index (χ3v) is 3.58. The maximum atomic E-state index is 13.8. The predicted molar refractivity (Wildman–Crippen MR) is 74.5 cm³/mol. The fourth-order valence-electron chi connectivity index (χ4n) is 2.21. The second kappa shape index (κ2) is 5.63. The van der Waals surface area contributed by atoms with E-state index in [1.54, 1.807) is 6.07 Å². The van der Waals surface area contributed by atoms with Crippen molar-refractivity contribution in [1.29, 1.82) is 0 Å². The zero-order chi connectivity index (χ0) is 13.1. The number of hydrogen-bond donors (Lipinski definition) is 1. The van der Waals surface area contributed by atoms with E-state index in [4.69, 9.17) is 22.7 Å². The van der Waals surface area contributed by atoms with E-state index in [-0.39, 0.29) is 10.8 Å². The fourth-order valence-corrected chi connectivity index (χ4v) is 2.37. The highest BCUT2D eigenvalue weighted by atomic mass is 32.1. The number of ether oxygens (including phenoxy) is 1. The second-order valence-electron chi connectivity index (χ2n) is 4.48. The molecular formula is C13H17FN2OS. The normalized spacial score (nSPS) is 16.6. The van der Waals surface area contributed by atoms with Crippen molar-refractivity contribution in [2.75, 3.05) is 25.2 Å². The van der Waals surface area contributed by atoms with Crippen molar-refractivity contribution in [2.45, 2.75) is 18.9 Å². The van der Waals surface area contributed by atoms with E-state index in [1.165, 1.54) is 6.07 Å². The summed E-state index contributed by atoms with van der Waals surface area (Å²) in [5.41, 5.74) is 6.59. The molecule has 1 aromatic carbocycles. The number of nitrogens with two attached hydrogens (primary N) is 1. The van der Waals surface area contributed by atoms with Crippen LogP contribution in [0.3, 0.4) is 0 Å². The van der Waals surface area contributed by atoms with Crippen molar-refractivity contribution >= 4 is 22.9 Å². The first-order valence-corrected chi connectivity index (χ1v) is 6.40. The first-order chi connectivity index (χ1) is 8.59. The number of rotatable bonds is 3. The molecule has 2 rings (SSSR count). The zero-order valence-corrected chi connectivity index (χ0v) is 11.2. The van der Waals surface area contributed by atoms with E-state index >= 15 is 0 Å². The molecule has 0 saturated carbocycles. The lowest BCUT2D eigenvalue weighted by atomic mass is 10.1. The summed E-state index contributed by atoms with van der Waals surface area (Å²) in [5.74, 6) is -0.362. The van der Waals surface area contributed by atoms with E-state index < -0.39 is 0 Å². The molecule has 98 valence electrons. The van der Waals surface area contributed by atoms with Crippen LogP contribution < -0.4 is 10.6 Å². The Bertz CT molecular complexity index is 447. The summed E-state index contributed by atoms with van der Waals surface area (Å²) in [7, 11) is 1.98. The topological polar surface area (TPSA) is 38.5 Å². The highest BCUT2D eigenvalue weighted by molar-refractivity contribution is 7.80. The van der Waals surface area contributed by atoms with Crippen LogP contribution in [0.5, 0.6) is 0 Å². The molecule has 0 unspecified atom stereocenters. The average Bonchev–Trinajstić information content (AvgIpc) is 2.38. The average molecular weight is 268 g/mol. The van der Waals surface area contributed by atoms with E-state index in [1.807, 2.05) is 13.1 Å². The van der Waals surface area contributed by atoms with E-state index in [9.17, 15) is 4.39 Å². The van der Waals surface area contributed by atoms with Crippen LogP contribution in [0.15, 0.2) is 18.2 Å². The maximum absolute atomic E-state index is 13.8. The molecule has 1 aromatic rings. The van der Waals surface area contributed by atoms with Gasteiger partial charge in [-0.2, -0.15) is 0 Å². The molecule has 3 nitrogen and oxygen atoms in total. The van der Waals surface area contributed by atoms with Crippen LogP contribution in [0.25, 0.3) is 0 Å². The van der Waals surface area contributed by atoms with Crippen LogP contribution in [0.4, 0.5) is 10.1 Å². The van der Waals surface area contributed by atoms with E-state index in [2.05, 4.69) is 4.90 Å². The summed E-state index contributed by atoms with van der Waals surface area (Å²) in [6.45, 7) is 1.53. The highest BCUT2D eigenvalue weighted by Gasteiger charge is 2.19. The van der Waals surface area contributed by atoms with Crippen LogP contribution in [0.1, 0.15) is 18.4 Å². The van der Waals surface area contributed by atoms with Crippen LogP contribution >= 0.6 is 12.2 Å². The monoisotopic (exact) mass is 268 g/mol. The van der Waals surface area contributed by atoms with Gasteiger partial charge in [0.25, 0.3) is 0 Å². The summed E-state index contributed by atoms with van der Waals surface area (Å²) < 4.78 is 19.1. The number of anilines is 1. The number of thiocarbonyl (C=S) groups is 1. The van der Waals surface area contributed by atoms with Crippen LogP contribution in [0, 0.1) is 5.82 Å². The summed E-state index contributed by atoms with van der Waals surface area (Å²) in [6.07, 6.45) is 1.93. The van der Waals surface area contributed by atoms with Gasteiger partial charge in [0, 0.05) is 37.6 Å². The first-order valence-electron chi connectivity index (χ1n) is 5.99. The molecule has 1 fully saturated rings. The standard InChI is InChI=1S/C13H17FN2OS/c1-16(9-4-6-17-7-5-9)10-2-3-11(13(15)18)12(14)8-10/h2-3,8-9H,4-7H2,1H3,(H2,15,18). The van der Waals surface area contributed by atoms with Crippen molar-refractivity contribution in [3.8, 4) is 0 Å². The van der Waals surface area contributed by atoms with Crippen LogP contribution in [-0.4, -0.2) is 31.3 Å². The van der Waals surface area contributed by atoms with Crippen molar-refractivity contribution in [2.24, 2.45) is 5.73 Å². The minimum absolute atomic E-state index is 0.0905. The third-order valence-electron chi connectivity index (χ3n) is 3.36. The molecule has 0 aliphatic carbocycles. The largest absolute Gasteiger partial charge is 0.389 e. The molecule has 2 N–H and O–H groups in total. The van der Waals surface area contributed by atoms with Crippen LogP contribution in [-0.2, 0) is 4.74 Å². The van der Waals surface area contributed by atoms with Crippen molar-refractivity contribution < 1.29 is 9.13 Å². The van der Waals surface area contributed by atoms with Gasteiger partial charge < -0.3 is 15.4 Å². The van der Waals surface area contributed by atoms with Gasteiger partial charge in [0.05, 0.1) is 0 Å². The van der Waals surface area contributed by atoms with Gasteiger partial charge >= 0.3 is 0 Å². The Morgan fingerprint density at radius 1 is 1.44 bits per heavy atom. The lowest BCUT2D eigenvalue weighted by Crippen LogP contribution is -2.36. The molecule has 18 heavy (non-hydrogen) atoms. The SMILES string of the molecule is CN(c1ccc(C(N)=S)c(F)c1)C1CCOCC1. The summed E-state index contributed by atoms with van der Waals surface area (Å²) in [6, 6.07) is 5.38. The third kappa shape index (κ3) is 2.79. The van der Waals surface area contributed by atoms with Crippen LogP contribution in [0.2, 0.25) is 0 Å². The molecule has 1 aliphatic rings. The van der Waals surface area contributed by atoms with Crippen molar-refractivity contribution in [3.63, 3.8) is 0 Å². The molecule has 1 saturated heterocycles. The van der Waals surface area contributed by atoms with Gasteiger partial charge in [-0.05, 0) is 31.0 Å². The molecule has 0 atom stereocenters. The fraction of sp³-hybridized carbons (Fsp3) is 0.462. The quantitative estimate of drug-likeness (QED) is 0.852. The lowest BCUT2D eigenvalue weighted by molar-refractivity contribution is 0.0855. The maximum Gasteiger partial charge on any atom is 0.135 e. The summed E-state index contributed by atoms with van der Waals surface area (Å²) in [5, 5.41) is 0. The molecular weight excluding hydrogens is 251 g/mol. The number of benzene rings is 1.